The maximum absolute atomic E-state index is 2.61. The fraction of sp³-hybridized carbons (Fsp3) is 0.207. The summed E-state index contributed by atoms with van der Waals surface area (Å²) >= 11 is 0. The Hall–Kier alpha value is -6.18. The highest BCUT2D eigenvalue weighted by Crippen LogP contribution is 2.57. The van der Waals surface area contributed by atoms with Crippen molar-refractivity contribution in [2.24, 2.45) is 0 Å². The van der Waals surface area contributed by atoms with Crippen LogP contribution in [0.5, 0.6) is 0 Å². The zero-order valence-electron chi connectivity index (χ0n) is 34.7. The monoisotopic (exact) mass is 761 g/mol. The van der Waals surface area contributed by atoms with Crippen LogP contribution in [-0.2, 0) is 10.8 Å². The zero-order chi connectivity index (χ0) is 39.9. The minimum atomic E-state index is -0.127. The number of nitrogens with zero attached hydrogens (tertiary/aromatic N) is 1. The van der Waals surface area contributed by atoms with Crippen LogP contribution in [0.4, 0.5) is 17.1 Å². The van der Waals surface area contributed by atoms with Gasteiger partial charge in [-0.15, -0.1) is 0 Å². The number of hydrogen-bond donors (Lipinski definition) is 0. The predicted molar refractivity (Wildman–Crippen MR) is 250 cm³/mol. The standard InChI is InChI=1S/C58H51N/c1-57(2)49-30-13-9-26-47(49)56-50(57)31-18-34-54(56)59(52-32-14-10-23-41(52)40-35-36-44-43-24-8-12-29-48(43)58(3,4)51(44)37-40)53-33-15-11-25-45(53)46-28-17-22-39-21-16-27-42(55(39)46)38-19-6-5-7-20-38/h8-18,21-38H,5-7,19-20H2,1-4H3. The molecule has 1 saturated carbocycles. The lowest BCUT2D eigenvalue weighted by Gasteiger charge is -2.32. The van der Waals surface area contributed by atoms with E-state index in [-0.39, 0.29) is 10.8 Å². The van der Waals surface area contributed by atoms with Crippen molar-refractivity contribution < 1.29 is 0 Å². The zero-order valence-corrected chi connectivity index (χ0v) is 34.7. The molecule has 0 heterocycles. The number of para-hydroxylation sites is 2. The average Bonchev–Trinajstić information content (AvgIpc) is 3.66. The van der Waals surface area contributed by atoms with E-state index in [2.05, 4.69) is 202 Å². The summed E-state index contributed by atoms with van der Waals surface area (Å²) in [5.41, 5.74) is 20.8. The first-order valence-corrected chi connectivity index (χ1v) is 21.8. The van der Waals surface area contributed by atoms with Crippen LogP contribution < -0.4 is 4.90 Å². The Morgan fingerprint density at radius 3 is 1.69 bits per heavy atom. The number of hydrogen-bond acceptors (Lipinski definition) is 1. The van der Waals surface area contributed by atoms with Gasteiger partial charge in [-0.25, -0.2) is 0 Å². The van der Waals surface area contributed by atoms with Gasteiger partial charge in [0.1, 0.15) is 0 Å². The molecular formula is C58H51N. The first kappa shape index (κ1) is 35.9. The molecule has 0 saturated heterocycles. The van der Waals surface area contributed by atoms with Gasteiger partial charge in [-0.2, -0.15) is 0 Å². The summed E-state index contributed by atoms with van der Waals surface area (Å²) in [6.45, 7) is 9.55. The molecule has 0 atom stereocenters. The predicted octanol–water partition coefficient (Wildman–Crippen LogP) is 16.3. The summed E-state index contributed by atoms with van der Waals surface area (Å²) in [5.74, 6) is 0.587. The van der Waals surface area contributed by atoms with Crippen LogP contribution in [0, 0.1) is 0 Å². The molecule has 0 spiro atoms. The molecule has 1 heteroatoms. The molecule has 1 fully saturated rings. The maximum Gasteiger partial charge on any atom is 0.0543 e. The minimum Gasteiger partial charge on any atom is -0.309 e. The second-order valence-corrected chi connectivity index (χ2v) is 18.3. The van der Waals surface area contributed by atoms with Crippen molar-refractivity contribution in [3.63, 3.8) is 0 Å². The van der Waals surface area contributed by atoms with Gasteiger partial charge in [-0.1, -0.05) is 193 Å². The average molecular weight is 762 g/mol. The summed E-state index contributed by atoms with van der Waals surface area (Å²) in [7, 11) is 0. The van der Waals surface area contributed by atoms with E-state index in [0.29, 0.717) is 5.92 Å². The van der Waals surface area contributed by atoms with Crippen molar-refractivity contribution in [1.82, 2.24) is 0 Å². The molecule has 3 aliphatic carbocycles. The first-order valence-electron chi connectivity index (χ1n) is 21.8. The largest absolute Gasteiger partial charge is 0.309 e. The maximum atomic E-state index is 2.61. The van der Waals surface area contributed by atoms with Crippen LogP contribution in [0.1, 0.15) is 93.5 Å². The molecule has 1 nitrogen and oxygen atoms in total. The third kappa shape index (κ3) is 5.51. The Labute approximate surface area is 350 Å². The van der Waals surface area contributed by atoms with Gasteiger partial charge in [-0.05, 0) is 109 Å². The van der Waals surface area contributed by atoms with Gasteiger partial charge in [0.15, 0.2) is 0 Å². The van der Waals surface area contributed by atoms with E-state index in [1.54, 1.807) is 0 Å². The molecule has 288 valence electrons. The molecule has 0 aliphatic heterocycles. The van der Waals surface area contributed by atoms with Crippen molar-refractivity contribution >= 4 is 27.8 Å². The molecule has 3 aliphatic rings. The van der Waals surface area contributed by atoms with Crippen LogP contribution in [0.2, 0.25) is 0 Å². The highest BCUT2D eigenvalue weighted by atomic mass is 15.2. The van der Waals surface area contributed by atoms with E-state index in [9.17, 15) is 0 Å². The Kier molecular flexibility index (Phi) is 8.35. The highest BCUT2D eigenvalue weighted by molar-refractivity contribution is 6.06. The molecule has 0 N–H and O–H groups in total. The van der Waals surface area contributed by atoms with Crippen molar-refractivity contribution in [3.05, 3.63) is 198 Å². The second kappa shape index (κ2) is 13.7. The van der Waals surface area contributed by atoms with Crippen molar-refractivity contribution in [2.45, 2.75) is 76.5 Å². The molecule has 8 aromatic carbocycles. The van der Waals surface area contributed by atoms with Gasteiger partial charge in [0, 0.05) is 27.5 Å². The van der Waals surface area contributed by atoms with Crippen molar-refractivity contribution in [2.75, 3.05) is 4.90 Å². The fourth-order valence-corrected chi connectivity index (χ4v) is 11.3. The fourth-order valence-electron chi connectivity index (χ4n) is 11.3. The number of fused-ring (bicyclic) bond motifs is 7. The Balaban J connectivity index is 1.18. The minimum absolute atomic E-state index is 0.0941. The van der Waals surface area contributed by atoms with E-state index >= 15 is 0 Å². The molecule has 59 heavy (non-hydrogen) atoms. The summed E-state index contributed by atoms with van der Waals surface area (Å²) in [6.07, 6.45) is 6.51. The van der Waals surface area contributed by atoms with Crippen LogP contribution in [0.3, 0.4) is 0 Å². The SMILES string of the molecule is CC1(C)c2ccccc2-c2ccc(-c3ccccc3N(c3ccccc3-c3cccc4cccc(C5CCCCC5)c34)c3cccc4c3-c3ccccc3C4(C)C)cc21. The lowest BCUT2D eigenvalue weighted by Crippen LogP contribution is -2.17. The molecule has 0 aromatic heterocycles. The summed E-state index contributed by atoms with van der Waals surface area (Å²) in [4.78, 5) is 2.61. The van der Waals surface area contributed by atoms with Crippen molar-refractivity contribution in [1.29, 1.82) is 0 Å². The smallest absolute Gasteiger partial charge is 0.0543 e. The third-order valence-corrected chi connectivity index (χ3v) is 14.3. The van der Waals surface area contributed by atoms with Gasteiger partial charge < -0.3 is 4.90 Å². The Bertz CT molecular complexity index is 2930. The Morgan fingerprint density at radius 2 is 0.932 bits per heavy atom. The topological polar surface area (TPSA) is 3.24 Å². The van der Waals surface area contributed by atoms with Gasteiger partial charge in [0.05, 0.1) is 17.1 Å². The van der Waals surface area contributed by atoms with Gasteiger partial charge in [-0.3, -0.25) is 0 Å². The molecule has 11 rings (SSSR count). The number of anilines is 3. The molecular weight excluding hydrogens is 711 g/mol. The van der Waals surface area contributed by atoms with Gasteiger partial charge in [0.25, 0.3) is 0 Å². The van der Waals surface area contributed by atoms with Crippen LogP contribution in [0.15, 0.2) is 170 Å². The molecule has 0 bridgehead atoms. The summed E-state index contributed by atoms with van der Waals surface area (Å²) < 4.78 is 0. The second-order valence-electron chi connectivity index (χ2n) is 18.3. The van der Waals surface area contributed by atoms with E-state index in [1.807, 2.05) is 0 Å². The van der Waals surface area contributed by atoms with E-state index < -0.39 is 0 Å². The quantitative estimate of drug-likeness (QED) is 0.163. The summed E-state index contributed by atoms with van der Waals surface area (Å²) in [6, 6.07) is 64.6. The van der Waals surface area contributed by atoms with Crippen LogP contribution >= 0.6 is 0 Å². The molecule has 8 aromatic rings. The number of rotatable bonds is 6. The third-order valence-electron chi connectivity index (χ3n) is 14.3. The van der Waals surface area contributed by atoms with E-state index in [1.165, 1.54) is 132 Å². The molecule has 0 unspecified atom stereocenters. The van der Waals surface area contributed by atoms with E-state index in [0.717, 1.165) is 0 Å². The van der Waals surface area contributed by atoms with Crippen LogP contribution in [-0.4, -0.2) is 0 Å². The lowest BCUT2D eigenvalue weighted by atomic mass is 9.80. The molecule has 0 amide bonds. The first-order chi connectivity index (χ1) is 28.8. The normalized spacial score (nSPS) is 16.0. The number of benzene rings is 8. The highest BCUT2D eigenvalue weighted by Gasteiger charge is 2.39. The Morgan fingerprint density at radius 1 is 0.407 bits per heavy atom. The lowest BCUT2D eigenvalue weighted by molar-refractivity contribution is 0.445. The van der Waals surface area contributed by atoms with E-state index in [4.69, 9.17) is 0 Å². The van der Waals surface area contributed by atoms with Crippen LogP contribution in [0.25, 0.3) is 55.3 Å². The van der Waals surface area contributed by atoms with Gasteiger partial charge in [0.2, 0.25) is 0 Å². The van der Waals surface area contributed by atoms with Crippen molar-refractivity contribution in [3.8, 4) is 44.5 Å². The summed E-state index contributed by atoms with van der Waals surface area (Å²) in [5, 5.41) is 2.73. The van der Waals surface area contributed by atoms with Gasteiger partial charge >= 0.3 is 0 Å². The molecule has 0 radical (unpaired) electrons.